The molecule has 1 aromatic heterocycles. The molecule has 2 heteroatoms. The summed E-state index contributed by atoms with van der Waals surface area (Å²) in [5.41, 5.74) is 0. The van der Waals surface area contributed by atoms with Crippen LogP contribution in [0.2, 0.25) is 0 Å². The summed E-state index contributed by atoms with van der Waals surface area (Å²) in [6.07, 6.45) is 8.15. The Kier molecular flexibility index (Phi) is 5.77. The average Bonchev–Trinajstić information content (AvgIpc) is 2.66. The fourth-order valence-electron chi connectivity index (χ4n) is 1.64. The molecule has 0 aliphatic carbocycles. The molecule has 0 atom stereocenters. The van der Waals surface area contributed by atoms with Gasteiger partial charge in [0.2, 0.25) is 0 Å². The van der Waals surface area contributed by atoms with Crippen LogP contribution in [0.3, 0.4) is 0 Å². The van der Waals surface area contributed by atoms with Gasteiger partial charge >= 0.3 is 0 Å². The fourth-order valence-corrected chi connectivity index (χ4v) is 2.61. The van der Waals surface area contributed by atoms with Crippen molar-refractivity contribution in [3.05, 3.63) is 17.0 Å². The van der Waals surface area contributed by atoms with E-state index >= 15 is 0 Å². The lowest BCUT2D eigenvalue weighted by atomic mass is 10.1. The number of hydrogen-bond acceptors (Lipinski definition) is 2. The van der Waals surface area contributed by atoms with Gasteiger partial charge in [0.1, 0.15) is 0 Å². The normalized spacial score (nSPS) is 10.6. The molecule has 0 saturated carbocycles. The molecule has 0 saturated heterocycles. The maximum atomic E-state index is 2.28. The smallest absolute Gasteiger partial charge is 0.0906 e. The Morgan fingerprint density at radius 3 is 2.40 bits per heavy atom. The summed E-state index contributed by atoms with van der Waals surface area (Å²) in [5, 5.41) is 1.37. The molecular formula is C13H23NS. The van der Waals surface area contributed by atoms with E-state index in [1.165, 1.54) is 48.4 Å². The van der Waals surface area contributed by atoms with Crippen molar-refractivity contribution in [1.82, 2.24) is 0 Å². The second kappa shape index (κ2) is 6.89. The van der Waals surface area contributed by atoms with E-state index in [0.29, 0.717) is 0 Å². The van der Waals surface area contributed by atoms with E-state index < -0.39 is 0 Å². The Morgan fingerprint density at radius 2 is 1.80 bits per heavy atom. The van der Waals surface area contributed by atoms with Crippen LogP contribution in [-0.4, -0.2) is 14.1 Å². The number of nitrogens with zero attached hydrogens (tertiary/aromatic N) is 1. The highest BCUT2D eigenvalue weighted by Gasteiger charge is 2.01. The molecule has 1 rings (SSSR count). The van der Waals surface area contributed by atoms with Crippen molar-refractivity contribution in [2.45, 2.75) is 45.4 Å². The SMILES string of the molecule is CCCCCCCc1ccc(N(C)C)s1. The molecule has 15 heavy (non-hydrogen) atoms. The average molecular weight is 225 g/mol. The Balaban J connectivity index is 2.20. The van der Waals surface area contributed by atoms with Crippen molar-refractivity contribution >= 4 is 16.3 Å². The van der Waals surface area contributed by atoms with Gasteiger partial charge in [-0.05, 0) is 25.0 Å². The van der Waals surface area contributed by atoms with Crippen LogP contribution in [0.25, 0.3) is 0 Å². The zero-order valence-corrected chi connectivity index (χ0v) is 11.1. The third kappa shape index (κ3) is 4.70. The van der Waals surface area contributed by atoms with Crippen LogP contribution in [0.15, 0.2) is 12.1 Å². The van der Waals surface area contributed by atoms with Gasteiger partial charge in [-0.3, -0.25) is 0 Å². The van der Waals surface area contributed by atoms with E-state index in [0.717, 1.165) is 0 Å². The third-order valence-corrected chi connectivity index (χ3v) is 3.93. The number of rotatable bonds is 7. The van der Waals surface area contributed by atoms with E-state index in [2.05, 4.69) is 38.1 Å². The fraction of sp³-hybridized carbons (Fsp3) is 0.692. The van der Waals surface area contributed by atoms with Crippen LogP contribution in [0.4, 0.5) is 5.00 Å². The largest absolute Gasteiger partial charge is 0.370 e. The Morgan fingerprint density at radius 1 is 1.07 bits per heavy atom. The van der Waals surface area contributed by atoms with Gasteiger partial charge in [0.05, 0.1) is 5.00 Å². The van der Waals surface area contributed by atoms with Crippen molar-refractivity contribution in [3.8, 4) is 0 Å². The summed E-state index contributed by atoms with van der Waals surface area (Å²) < 4.78 is 0. The van der Waals surface area contributed by atoms with Crippen LogP contribution >= 0.6 is 11.3 Å². The lowest BCUT2D eigenvalue weighted by Crippen LogP contribution is -2.05. The molecular weight excluding hydrogens is 202 g/mol. The van der Waals surface area contributed by atoms with Gasteiger partial charge in [-0.2, -0.15) is 0 Å². The van der Waals surface area contributed by atoms with Crippen molar-refractivity contribution in [2.75, 3.05) is 19.0 Å². The van der Waals surface area contributed by atoms with E-state index in [1.54, 1.807) is 0 Å². The lowest BCUT2D eigenvalue weighted by molar-refractivity contribution is 0.634. The molecule has 0 aliphatic rings. The van der Waals surface area contributed by atoms with Gasteiger partial charge in [0.15, 0.2) is 0 Å². The van der Waals surface area contributed by atoms with Crippen molar-refractivity contribution in [1.29, 1.82) is 0 Å². The first-order valence-corrected chi connectivity index (χ1v) is 6.81. The number of hydrogen-bond donors (Lipinski definition) is 0. The predicted molar refractivity (Wildman–Crippen MR) is 71.1 cm³/mol. The standard InChI is InChI=1S/C13H23NS/c1-4-5-6-7-8-9-12-10-11-13(15-12)14(2)3/h10-11H,4-9H2,1-3H3. The Labute approximate surface area is 98.1 Å². The van der Waals surface area contributed by atoms with Crippen LogP contribution in [-0.2, 0) is 6.42 Å². The molecule has 0 unspecified atom stereocenters. The molecule has 0 N–H and O–H groups in total. The minimum atomic E-state index is 1.27. The van der Waals surface area contributed by atoms with Crippen LogP contribution in [0.5, 0.6) is 0 Å². The van der Waals surface area contributed by atoms with Gasteiger partial charge in [-0.15, -0.1) is 11.3 Å². The lowest BCUT2D eigenvalue weighted by Gasteiger charge is -2.07. The first-order chi connectivity index (χ1) is 7.24. The van der Waals surface area contributed by atoms with Gasteiger partial charge in [-0.25, -0.2) is 0 Å². The quantitative estimate of drug-likeness (QED) is 0.624. The van der Waals surface area contributed by atoms with Crippen molar-refractivity contribution < 1.29 is 0 Å². The summed E-state index contributed by atoms with van der Waals surface area (Å²) in [6, 6.07) is 4.51. The van der Waals surface area contributed by atoms with Gasteiger partial charge in [0, 0.05) is 19.0 Å². The van der Waals surface area contributed by atoms with E-state index in [9.17, 15) is 0 Å². The van der Waals surface area contributed by atoms with Crippen LogP contribution in [0, 0.1) is 0 Å². The molecule has 0 amide bonds. The molecule has 86 valence electrons. The number of unbranched alkanes of at least 4 members (excludes halogenated alkanes) is 4. The highest BCUT2D eigenvalue weighted by atomic mass is 32.1. The second-order valence-electron chi connectivity index (χ2n) is 4.30. The first kappa shape index (κ1) is 12.6. The summed E-state index contributed by atoms with van der Waals surface area (Å²) in [5.74, 6) is 0. The summed E-state index contributed by atoms with van der Waals surface area (Å²) in [6.45, 7) is 2.27. The second-order valence-corrected chi connectivity index (χ2v) is 5.45. The van der Waals surface area contributed by atoms with E-state index in [1.807, 2.05) is 11.3 Å². The summed E-state index contributed by atoms with van der Waals surface area (Å²) in [4.78, 5) is 3.72. The first-order valence-electron chi connectivity index (χ1n) is 6.00. The minimum absolute atomic E-state index is 1.27. The van der Waals surface area contributed by atoms with Gasteiger partial charge in [0.25, 0.3) is 0 Å². The molecule has 0 aliphatic heterocycles. The van der Waals surface area contributed by atoms with Crippen molar-refractivity contribution in [2.24, 2.45) is 0 Å². The maximum absolute atomic E-state index is 2.28. The van der Waals surface area contributed by atoms with Gasteiger partial charge in [-0.1, -0.05) is 32.6 Å². The molecule has 0 spiro atoms. The molecule has 0 bridgehead atoms. The van der Waals surface area contributed by atoms with E-state index in [4.69, 9.17) is 0 Å². The molecule has 1 nitrogen and oxygen atoms in total. The summed E-state index contributed by atoms with van der Waals surface area (Å²) in [7, 11) is 4.22. The molecule has 1 aromatic rings. The number of thiophene rings is 1. The summed E-state index contributed by atoms with van der Waals surface area (Å²) >= 11 is 1.93. The van der Waals surface area contributed by atoms with Crippen LogP contribution < -0.4 is 4.90 Å². The third-order valence-electron chi connectivity index (χ3n) is 2.61. The monoisotopic (exact) mass is 225 g/mol. The predicted octanol–water partition coefficient (Wildman–Crippen LogP) is 4.33. The zero-order chi connectivity index (χ0) is 11.1. The topological polar surface area (TPSA) is 3.24 Å². The minimum Gasteiger partial charge on any atom is -0.370 e. The van der Waals surface area contributed by atoms with Crippen molar-refractivity contribution in [3.63, 3.8) is 0 Å². The Hall–Kier alpha value is -0.500. The Bertz CT molecular complexity index is 265. The highest BCUT2D eigenvalue weighted by molar-refractivity contribution is 7.16. The number of anilines is 1. The molecule has 0 aromatic carbocycles. The zero-order valence-electron chi connectivity index (χ0n) is 10.3. The molecule has 1 heterocycles. The molecule has 0 radical (unpaired) electrons. The maximum Gasteiger partial charge on any atom is 0.0906 e. The van der Waals surface area contributed by atoms with E-state index in [-0.39, 0.29) is 0 Å². The van der Waals surface area contributed by atoms with Gasteiger partial charge < -0.3 is 4.90 Å². The number of aryl methyl sites for hydroxylation is 1. The molecule has 0 fully saturated rings. The highest BCUT2D eigenvalue weighted by Crippen LogP contribution is 2.25. The van der Waals surface area contributed by atoms with Crippen LogP contribution in [0.1, 0.15) is 43.9 Å².